The molecule has 0 saturated carbocycles. The van der Waals surface area contributed by atoms with E-state index in [-0.39, 0.29) is 6.17 Å². The van der Waals surface area contributed by atoms with Crippen LogP contribution in [0.5, 0.6) is 0 Å². The first-order valence-corrected chi connectivity index (χ1v) is 12.1. The molecule has 37 heavy (non-hydrogen) atoms. The molecule has 0 radical (unpaired) electrons. The Balaban J connectivity index is 1.37. The Bertz CT molecular complexity index is 1550. The van der Waals surface area contributed by atoms with Crippen molar-refractivity contribution >= 4 is 11.7 Å². The maximum atomic E-state index is 5.02. The maximum absolute atomic E-state index is 5.02. The van der Waals surface area contributed by atoms with Crippen LogP contribution in [0.2, 0.25) is 0 Å². The predicted molar refractivity (Wildman–Crippen MR) is 147 cm³/mol. The summed E-state index contributed by atoms with van der Waals surface area (Å²) in [4.78, 5) is 25.3. The first-order valence-electron chi connectivity index (χ1n) is 12.1. The molecule has 0 aliphatic carbocycles. The van der Waals surface area contributed by atoms with Crippen LogP contribution in [0, 0.1) is 0 Å². The first-order chi connectivity index (χ1) is 18.3. The molecule has 6 nitrogen and oxygen atoms in total. The van der Waals surface area contributed by atoms with Crippen LogP contribution in [0.15, 0.2) is 132 Å². The third-order valence-corrected chi connectivity index (χ3v) is 6.36. The van der Waals surface area contributed by atoms with Crippen molar-refractivity contribution in [3.05, 3.63) is 139 Å². The fraction of sp³-hybridized carbons (Fsp3) is 0.0645. The minimum Gasteiger partial charge on any atom is -0.333 e. The molecule has 4 heterocycles. The van der Waals surface area contributed by atoms with Crippen LogP contribution in [0.25, 0.3) is 22.4 Å². The van der Waals surface area contributed by atoms with Gasteiger partial charge in [-0.15, -0.1) is 0 Å². The summed E-state index contributed by atoms with van der Waals surface area (Å²) in [7, 11) is 2.03. The molecule has 2 aromatic carbocycles. The average molecular weight is 481 g/mol. The summed E-state index contributed by atoms with van der Waals surface area (Å²) in [5.41, 5.74) is 7.01. The van der Waals surface area contributed by atoms with Crippen molar-refractivity contribution < 1.29 is 0 Å². The molecule has 0 amide bonds. The van der Waals surface area contributed by atoms with Crippen LogP contribution < -0.4 is 0 Å². The summed E-state index contributed by atoms with van der Waals surface area (Å²) in [6.45, 7) is 0. The highest BCUT2D eigenvalue weighted by Crippen LogP contribution is 2.30. The number of benzene rings is 2. The van der Waals surface area contributed by atoms with E-state index in [2.05, 4.69) is 74.4 Å². The summed E-state index contributed by atoms with van der Waals surface area (Å²) in [6.07, 6.45) is 6.99. The van der Waals surface area contributed by atoms with Gasteiger partial charge in [0.25, 0.3) is 0 Å². The number of aliphatic imine (C=N–C) groups is 2. The molecule has 5 aromatic rings. The fourth-order valence-electron chi connectivity index (χ4n) is 4.42. The molecule has 0 saturated heterocycles. The Morgan fingerprint density at radius 2 is 1.27 bits per heavy atom. The first kappa shape index (κ1) is 22.5. The van der Waals surface area contributed by atoms with E-state index in [0.29, 0.717) is 5.84 Å². The molecule has 0 spiro atoms. The molecular weight excluding hydrogens is 456 g/mol. The molecular formula is C31H24N6. The van der Waals surface area contributed by atoms with E-state index in [0.717, 1.165) is 45.0 Å². The van der Waals surface area contributed by atoms with Gasteiger partial charge in [-0.25, -0.2) is 9.98 Å². The number of aromatic nitrogens is 3. The molecule has 1 atom stereocenters. The number of pyridine rings is 3. The van der Waals surface area contributed by atoms with Crippen LogP contribution in [0.4, 0.5) is 0 Å². The predicted octanol–water partition coefficient (Wildman–Crippen LogP) is 6.04. The van der Waals surface area contributed by atoms with E-state index in [9.17, 15) is 0 Å². The van der Waals surface area contributed by atoms with Gasteiger partial charge in [0.2, 0.25) is 0 Å². The zero-order chi connectivity index (χ0) is 25.0. The third kappa shape index (κ3) is 4.65. The number of nitrogens with zero attached hydrogens (tertiary/aromatic N) is 6. The second kappa shape index (κ2) is 9.95. The summed E-state index contributed by atoms with van der Waals surface area (Å²) in [5, 5.41) is 0. The number of hydrogen-bond donors (Lipinski definition) is 0. The van der Waals surface area contributed by atoms with Crippen LogP contribution in [-0.2, 0) is 0 Å². The normalized spacial score (nSPS) is 15.2. The largest absolute Gasteiger partial charge is 0.333 e. The van der Waals surface area contributed by atoms with Crippen molar-refractivity contribution in [2.75, 3.05) is 7.05 Å². The standard InChI is InChI=1S/C31H24N6/c1-37-30(24-14-10-22(11-15-24)26-7-6-18-32-21-26)35-29(28-9-3-5-20-34-28)36-31(37)25-16-12-23(13-17-25)27-8-2-4-19-33-27/h2-21,30H,1H3. The Hall–Kier alpha value is -4.97. The lowest BCUT2D eigenvalue weighted by Gasteiger charge is -2.32. The quantitative estimate of drug-likeness (QED) is 0.307. The minimum absolute atomic E-state index is 0.247. The van der Waals surface area contributed by atoms with Crippen molar-refractivity contribution in [3.8, 4) is 22.4 Å². The molecule has 1 aliphatic heterocycles. The van der Waals surface area contributed by atoms with Gasteiger partial charge in [0.1, 0.15) is 11.5 Å². The lowest BCUT2D eigenvalue weighted by atomic mass is 10.0. The Morgan fingerprint density at radius 1 is 0.595 bits per heavy atom. The third-order valence-electron chi connectivity index (χ3n) is 6.36. The van der Waals surface area contributed by atoms with Crippen LogP contribution in [-0.4, -0.2) is 38.6 Å². The number of amidine groups is 2. The van der Waals surface area contributed by atoms with Crippen LogP contribution in [0.1, 0.15) is 23.0 Å². The zero-order valence-corrected chi connectivity index (χ0v) is 20.3. The van der Waals surface area contributed by atoms with E-state index in [1.165, 1.54) is 0 Å². The summed E-state index contributed by atoms with van der Waals surface area (Å²) < 4.78 is 0. The molecule has 178 valence electrons. The fourth-order valence-corrected chi connectivity index (χ4v) is 4.42. The van der Waals surface area contributed by atoms with Gasteiger partial charge in [-0.3, -0.25) is 15.0 Å². The van der Waals surface area contributed by atoms with Gasteiger partial charge in [0.15, 0.2) is 12.0 Å². The maximum Gasteiger partial charge on any atom is 0.178 e. The molecule has 0 N–H and O–H groups in total. The second-order valence-corrected chi connectivity index (χ2v) is 8.74. The lowest BCUT2D eigenvalue weighted by molar-refractivity contribution is 0.382. The van der Waals surface area contributed by atoms with Gasteiger partial charge >= 0.3 is 0 Å². The summed E-state index contributed by atoms with van der Waals surface area (Å²) in [6, 6.07) is 32.5. The molecule has 1 aliphatic rings. The van der Waals surface area contributed by atoms with E-state index in [4.69, 9.17) is 9.98 Å². The smallest absolute Gasteiger partial charge is 0.178 e. The highest BCUT2D eigenvalue weighted by atomic mass is 15.3. The van der Waals surface area contributed by atoms with Gasteiger partial charge in [-0.1, -0.05) is 66.7 Å². The number of rotatable bonds is 5. The van der Waals surface area contributed by atoms with Gasteiger partial charge in [0, 0.05) is 43.0 Å². The molecule has 1 unspecified atom stereocenters. The van der Waals surface area contributed by atoms with Crippen LogP contribution in [0.3, 0.4) is 0 Å². The SMILES string of the molecule is CN1C(c2ccc(-c3ccccn3)cc2)=NC(c2ccccn2)=NC1c1ccc(-c2cccnc2)cc1. The lowest BCUT2D eigenvalue weighted by Crippen LogP contribution is -2.35. The highest BCUT2D eigenvalue weighted by Gasteiger charge is 2.27. The Labute approximate surface area is 215 Å². The van der Waals surface area contributed by atoms with Crippen molar-refractivity contribution in [1.82, 2.24) is 19.9 Å². The summed E-state index contributed by atoms with van der Waals surface area (Å²) >= 11 is 0. The average Bonchev–Trinajstić information content (AvgIpc) is 2.99. The van der Waals surface area contributed by atoms with E-state index in [1.54, 1.807) is 12.4 Å². The molecule has 0 bridgehead atoms. The second-order valence-electron chi connectivity index (χ2n) is 8.74. The molecule has 6 heteroatoms. The highest BCUT2D eigenvalue weighted by molar-refractivity contribution is 6.12. The topological polar surface area (TPSA) is 66.6 Å². The van der Waals surface area contributed by atoms with Gasteiger partial charge in [-0.2, -0.15) is 0 Å². The zero-order valence-electron chi connectivity index (χ0n) is 20.3. The van der Waals surface area contributed by atoms with Crippen molar-refractivity contribution in [1.29, 1.82) is 0 Å². The van der Waals surface area contributed by atoms with Crippen molar-refractivity contribution in [3.63, 3.8) is 0 Å². The summed E-state index contributed by atoms with van der Waals surface area (Å²) in [5.74, 6) is 1.45. The van der Waals surface area contributed by atoms with Crippen molar-refractivity contribution in [2.24, 2.45) is 9.98 Å². The van der Waals surface area contributed by atoms with E-state index in [1.807, 2.05) is 61.9 Å². The molecule has 6 rings (SSSR count). The Kier molecular flexibility index (Phi) is 6.05. The van der Waals surface area contributed by atoms with E-state index >= 15 is 0 Å². The monoisotopic (exact) mass is 480 g/mol. The number of hydrogen-bond acceptors (Lipinski definition) is 6. The van der Waals surface area contributed by atoms with Gasteiger partial charge in [-0.05, 0) is 47.0 Å². The van der Waals surface area contributed by atoms with Gasteiger partial charge in [0.05, 0.1) is 5.69 Å². The van der Waals surface area contributed by atoms with Gasteiger partial charge < -0.3 is 4.90 Å². The minimum atomic E-state index is -0.247. The van der Waals surface area contributed by atoms with E-state index < -0.39 is 0 Å². The molecule has 0 fully saturated rings. The molecule has 3 aromatic heterocycles. The Morgan fingerprint density at radius 3 is 1.92 bits per heavy atom. The van der Waals surface area contributed by atoms with Crippen LogP contribution >= 0.6 is 0 Å². The van der Waals surface area contributed by atoms with Crippen molar-refractivity contribution in [2.45, 2.75) is 6.17 Å².